The summed E-state index contributed by atoms with van der Waals surface area (Å²) in [6.07, 6.45) is 1.94. The van der Waals surface area contributed by atoms with Crippen LogP contribution >= 0.6 is 0 Å². The fourth-order valence-electron chi connectivity index (χ4n) is 2.16. The van der Waals surface area contributed by atoms with E-state index in [2.05, 4.69) is 6.58 Å². The number of esters is 2. The van der Waals surface area contributed by atoms with Crippen LogP contribution in [0.15, 0.2) is 55.1 Å². The smallest absolute Gasteiger partial charge is 0.343 e. The minimum absolute atomic E-state index is 0.0614. The molecule has 1 saturated heterocycles. The first kappa shape index (κ1) is 16.9. The highest BCUT2D eigenvalue weighted by atomic mass is 16.6. The molecular formula is C20H18O5. The van der Waals surface area contributed by atoms with Gasteiger partial charge < -0.3 is 14.2 Å². The topological polar surface area (TPSA) is 65.1 Å². The largest absolute Gasteiger partial charge is 0.463 e. The van der Waals surface area contributed by atoms with E-state index in [0.717, 1.165) is 11.1 Å². The third-order valence-electron chi connectivity index (χ3n) is 3.70. The molecule has 1 unspecified atom stereocenters. The monoisotopic (exact) mass is 338 g/mol. The van der Waals surface area contributed by atoms with Crippen molar-refractivity contribution in [2.75, 3.05) is 13.2 Å². The van der Waals surface area contributed by atoms with Crippen molar-refractivity contribution < 1.29 is 23.8 Å². The predicted molar refractivity (Wildman–Crippen MR) is 92.3 cm³/mol. The molecule has 2 aromatic carbocycles. The molecule has 25 heavy (non-hydrogen) atoms. The molecule has 2 aromatic rings. The van der Waals surface area contributed by atoms with Crippen LogP contribution < -0.4 is 4.74 Å². The van der Waals surface area contributed by atoms with E-state index < -0.39 is 5.97 Å². The second-order valence-electron chi connectivity index (χ2n) is 5.67. The summed E-state index contributed by atoms with van der Waals surface area (Å²) >= 11 is 0. The third kappa shape index (κ3) is 5.02. The van der Waals surface area contributed by atoms with Crippen LogP contribution in [0.1, 0.15) is 21.5 Å². The molecule has 1 atom stereocenters. The molecule has 0 N–H and O–H groups in total. The molecule has 128 valence electrons. The normalized spacial score (nSPS) is 15.3. The Morgan fingerprint density at radius 1 is 1.12 bits per heavy atom. The second kappa shape index (κ2) is 7.77. The maximum atomic E-state index is 12.1. The maximum Gasteiger partial charge on any atom is 0.343 e. The van der Waals surface area contributed by atoms with Crippen LogP contribution in [0.25, 0.3) is 6.08 Å². The highest BCUT2D eigenvalue weighted by Gasteiger charge is 2.24. The van der Waals surface area contributed by atoms with Crippen LogP contribution in [0.5, 0.6) is 5.75 Å². The lowest BCUT2D eigenvalue weighted by molar-refractivity contribution is -0.143. The Kier molecular flexibility index (Phi) is 5.26. The van der Waals surface area contributed by atoms with E-state index >= 15 is 0 Å². The molecule has 5 nitrogen and oxygen atoms in total. The SMILES string of the molecule is C=Cc1ccc(C(=O)Oc2ccc(CC(=O)OCC3CO3)cc2)cc1. The maximum absolute atomic E-state index is 12.1. The van der Waals surface area contributed by atoms with E-state index in [9.17, 15) is 9.59 Å². The van der Waals surface area contributed by atoms with E-state index in [0.29, 0.717) is 24.5 Å². The Labute approximate surface area is 145 Å². The molecule has 1 heterocycles. The zero-order chi connectivity index (χ0) is 17.6. The molecule has 3 rings (SSSR count). The van der Waals surface area contributed by atoms with Gasteiger partial charge in [-0.05, 0) is 35.4 Å². The first-order valence-electron chi connectivity index (χ1n) is 7.95. The molecule has 1 fully saturated rings. The Morgan fingerprint density at radius 2 is 1.80 bits per heavy atom. The molecule has 0 aliphatic carbocycles. The van der Waals surface area contributed by atoms with Gasteiger partial charge in [0.1, 0.15) is 18.5 Å². The Morgan fingerprint density at radius 3 is 2.40 bits per heavy atom. The quantitative estimate of drug-likeness (QED) is 0.441. The number of epoxide rings is 1. The summed E-state index contributed by atoms with van der Waals surface area (Å²) in [6.45, 7) is 4.63. The van der Waals surface area contributed by atoms with Crippen LogP contribution in [-0.2, 0) is 20.7 Å². The zero-order valence-corrected chi connectivity index (χ0v) is 13.6. The van der Waals surface area contributed by atoms with Crippen LogP contribution in [0, 0.1) is 0 Å². The Bertz CT molecular complexity index is 758. The van der Waals surface area contributed by atoms with Gasteiger partial charge in [0.15, 0.2) is 0 Å². The first-order valence-corrected chi connectivity index (χ1v) is 7.95. The highest BCUT2D eigenvalue weighted by Crippen LogP contribution is 2.16. The van der Waals surface area contributed by atoms with E-state index in [4.69, 9.17) is 14.2 Å². The number of hydrogen-bond acceptors (Lipinski definition) is 5. The van der Waals surface area contributed by atoms with Crippen molar-refractivity contribution in [3.8, 4) is 5.75 Å². The van der Waals surface area contributed by atoms with E-state index in [1.165, 1.54) is 0 Å². The van der Waals surface area contributed by atoms with Crippen molar-refractivity contribution in [3.05, 3.63) is 71.8 Å². The number of rotatable bonds is 7. The summed E-state index contributed by atoms with van der Waals surface area (Å²) in [4.78, 5) is 23.8. The minimum atomic E-state index is -0.438. The van der Waals surface area contributed by atoms with Gasteiger partial charge in [-0.25, -0.2) is 4.79 Å². The highest BCUT2D eigenvalue weighted by molar-refractivity contribution is 5.91. The average Bonchev–Trinajstić information content (AvgIpc) is 3.46. The molecule has 0 amide bonds. The number of hydrogen-bond donors (Lipinski definition) is 0. The van der Waals surface area contributed by atoms with Gasteiger partial charge in [-0.1, -0.05) is 36.9 Å². The van der Waals surface area contributed by atoms with Crippen LogP contribution in [0.3, 0.4) is 0 Å². The van der Waals surface area contributed by atoms with Crippen LogP contribution in [0.4, 0.5) is 0 Å². The molecule has 5 heteroatoms. The van der Waals surface area contributed by atoms with E-state index in [-0.39, 0.29) is 18.5 Å². The van der Waals surface area contributed by atoms with Crippen molar-refractivity contribution in [2.24, 2.45) is 0 Å². The van der Waals surface area contributed by atoms with Gasteiger partial charge in [0.25, 0.3) is 0 Å². The molecule has 0 aromatic heterocycles. The van der Waals surface area contributed by atoms with Gasteiger partial charge >= 0.3 is 11.9 Å². The number of carbonyl (C=O) groups excluding carboxylic acids is 2. The van der Waals surface area contributed by atoms with Gasteiger partial charge in [0.2, 0.25) is 0 Å². The average molecular weight is 338 g/mol. The van der Waals surface area contributed by atoms with Crippen molar-refractivity contribution in [1.82, 2.24) is 0 Å². The fourth-order valence-corrected chi connectivity index (χ4v) is 2.16. The van der Waals surface area contributed by atoms with Crippen molar-refractivity contribution in [1.29, 1.82) is 0 Å². The molecule has 0 saturated carbocycles. The summed E-state index contributed by atoms with van der Waals surface area (Å²) in [7, 11) is 0. The molecule has 1 aliphatic rings. The number of carbonyl (C=O) groups is 2. The number of ether oxygens (including phenoxy) is 3. The minimum Gasteiger partial charge on any atom is -0.463 e. The van der Waals surface area contributed by atoms with Crippen molar-refractivity contribution >= 4 is 18.0 Å². The van der Waals surface area contributed by atoms with Crippen LogP contribution in [0.2, 0.25) is 0 Å². The lowest BCUT2D eigenvalue weighted by Gasteiger charge is -2.06. The van der Waals surface area contributed by atoms with Gasteiger partial charge in [0.05, 0.1) is 18.6 Å². The summed E-state index contributed by atoms with van der Waals surface area (Å²) < 4.78 is 15.4. The summed E-state index contributed by atoms with van der Waals surface area (Å²) in [5.41, 5.74) is 2.18. The Hall–Kier alpha value is -2.92. The summed E-state index contributed by atoms with van der Waals surface area (Å²) in [5.74, 6) is -0.323. The van der Waals surface area contributed by atoms with E-state index in [1.807, 2.05) is 0 Å². The molecule has 0 radical (unpaired) electrons. The Balaban J connectivity index is 1.53. The number of benzene rings is 2. The molecule has 0 bridgehead atoms. The van der Waals surface area contributed by atoms with Gasteiger partial charge in [-0.2, -0.15) is 0 Å². The van der Waals surface area contributed by atoms with Crippen LogP contribution in [-0.4, -0.2) is 31.3 Å². The standard InChI is InChI=1S/C20H18O5/c1-2-14-3-7-16(8-4-14)20(22)25-17-9-5-15(6-10-17)11-19(21)24-13-18-12-23-18/h2-10,18H,1,11-13H2. The zero-order valence-electron chi connectivity index (χ0n) is 13.6. The van der Waals surface area contributed by atoms with Gasteiger partial charge in [-0.3, -0.25) is 4.79 Å². The third-order valence-corrected chi connectivity index (χ3v) is 3.70. The van der Waals surface area contributed by atoms with Gasteiger partial charge in [-0.15, -0.1) is 0 Å². The lowest BCUT2D eigenvalue weighted by atomic mass is 10.1. The van der Waals surface area contributed by atoms with Gasteiger partial charge in [0, 0.05) is 0 Å². The summed E-state index contributed by atoms with van der Waals surface area (Å²) in [6, 6.07) is 13.7. The fraction of sp³-hybridized carbons (Fsp3) is 0.200. The van der Waals surface area contributed by atoms with E-state index in [1.54, 1.807) is 54.6 Å². The molecular weight excluding hydrogens is 320 g/mol. The predicted octanol–water partition coefficient (Wildman–Crippen LogP) is 3.03. The summed E-state index contributed by atoms with van der Waals surface area (Å²) in [5, 5.41) is 0. The molecule has 0 spiro atoms. The second-order valence-corrected chi connectivity index (χ2v) is 5.67. The first-order chi connectivity index (χ1) is 12.1. The van der Waals surface area contributed by atoms with Crippen molar-refractivity contribution in [3.63, 3.8) is 0 Å². The molecule has 1 aliphatic heterocycles. The lowest BCUT2D eigenvalue weighted by Crippen LogP contribution is -2.12. The van der Waals surface area contributed by atoms with Crippen molar-refractivity contribution in [2.45, 2.75) is 12.5 Å².